The molecule has 1 aromatic heterocycles. The van der Waals surface area contributed by atoms with E-state index < -0.39 is 11.6 Å². The Bertz CT molecular complexity index is 667. The average molecular weight is 268 g/mol. The van der Waals surface area contributed by atoms with E-state index in [1.54, 1.807) is 0 Å². The molecular weight excluding hydrogens is 254 g/mol. The largest absolute Gasteiger partial charge is 0.328 e. The van der Waals surface area contributed by atoms with Crippen molar-refractivity contribution in [3.63, 3.8) is 0 Å². The molecule has 0 unspecified atom stereocenters. The summed E-state index contributed by atoms with van der Waals surface area (Å²) in [5.41, 5.74) is 1.10. The first-order valence-corrected chi connectivity index (χ1v) is 6.53. The van der Waals surface area contributed by atoms with Gasteiger partial charge < -0.3 is 9.55 Å². The van der Waals surface area contributed by atoms with Crippen LogP contribution in [0.4, 0.5) is 8.78 Å². The highest BCUT2D eigenvalue weighted by Gasteiger charge is 2.41. The number of rotatable bonds is 3. The second-order valence-corrected chi connectivity index (χ2v) is 5.54. The molecule has 18 heavy (non-hydrogen) atoms. The van der Waals surface area contributed by atoms with Crippen LogP contribution in [0.25, 0.3) is 11.0 Å². The standard InChI is InChI=1S/C13H14F2N2S/c1-2-13(3-4-13)7-17-10-6-8(14)5-9(15)11(10)16-12(17)18/h5-6H,2-4,7H2,1H3,(H,16,18). The maximum absolute atomic E-state index is 13.6. The zero-order chi connectivity index (χ0) is 12.9. The fraction of sp³-hybridized carbons (Fsp3) is 0.462. The molecular formula is C13H14F2N2S. The highest BCUT2D eigenvalue weighted by molar-refractivity contribution is 7.71. The number of hydrogen-bond donors (Lipinski definition) is 1. The second-order valence-electron chi connectivity index (χ2n) is 5.15. The van der Waals surface area contributed by atoms with Gasteiger partial charge in [0.05, 0.1) is 5.52 Å². The molecule has 0 saturated heterocycles. The SMILES string of the molecule is CCC1(Cn2c(=S)[nH]c3c(F)cc(F)cc32)CC1. The molecule has 0 atom stereocenters. The number of imidazole rings is 1. The van der Waals surface area contributed by atoms with Crippen molar-refractivity contribution in [3.05, 3.63) is 28.5 Å². The Balaban J connectivity index is 2.16. The summed E-state index contributed by atoms with van der Waals surface area (Å²) in [6.07, 6.45) is 3.39. The molecule has 1 fully saturated rings. The Morgan fingerprint density at radius 3 is 2.72 bits per heavy atom. The summed E-state index contributed by atoms with van der Waals surface area (Å²) in [5, 5.41) is 0. The van der Waals surface area contributed by atoms with Crippen LogP contribution < -0.4 is 0 Å². The molecule has 2 aromatic rings. The van der Waals surface area contributed by atoms with Crippen LogP contribution in [-0.4, -0.2) is 9.55 Å². The van der Waals surface area contributed by atoms with E-state index in [-0.39, 0.29) is 5.41 Å². The third-order valence-electron chi connectivity index (χ3n) is 4.00. The normalized spacial score (nSPS) is 17.3. The summed E-state index contributed by atoms with van der Waals surface area (Å²) in [6.45, 7) is 2.89. The first kappa shape index (κ1) is 11.8. The topological polar surface area (TPSA) is 20.7 Å². The van der Waals surface area contributed by atoms with Gasteiger partial charge >= 0.3 is 0 Å². The summed E-state index contributed by atoms with van der Waals surface area (Å²) in [5.74, 6) is -1.15. The molecule has 3 rings (SSSR count). The number of halogens is 2. The van der Waals surface area contributed by atoms with Crippen LogP contribution in [0.15, 0.2) is 12.1 Å². The van der Waals surface area contributed by atoms with Crippen LogP contribution >= 0.6 is 12.2 Å². The van der Waals surface area contributed by atoms with Crippen molar-refractivity contribution < 1.29 is 8.78 Å². The van der Waals surface area contributed by atoms with Gasteiger partial charge in [0.2, 0.25) is 0 Å². The van der Waals surface area contributed by atoms with Crippen LogP contribution in [0.3, 0.4) is 0 Å². The molecule has 1 saturated carbocycles. The van der Waals surface area contributed by atoms with Gasteiger partial charge in [-0.3, -0.25) is 0 Å². The minimum atomic E-state index is -0.587. The van der Waals surface area contributed by atoms with Crippen LogP contribution in [0.2, 0.25) is 0 Å². The molecule has 1 aliphatic rings. The van der Waals surface area contributed by atoms with E-state index in [2.05, 4.69) is 11.9 Å². The summed E-state index contributed by atoms with van der Waals surface area (Å²) >= 11 is 5.22. The molecule has 0 amide bonds. The maximum atomic E-state index is 13.6. The molecule has 0 radical (unpaired) electrons. The van der Waals surface area contributed by atoms with E-state index in [0.29, 0.717) is 15.8 Å². The molecule has 1 heterocycles. The Kier molecular flexibility index (Phi) is 2.55. The van der Waals surface area contributed by atoms with Crippen molar-refractivity contribution in [2.45, 2.75) is 32.7 Å². The molecule has 0 spiro atoms. The van der Waals surface area contributed by atoms with Crippen molar-refractivity contribution in [3.8, 4) is 0 Å². The van der Waals surface area contributed by atoms with Crippen LogP contribution in [-0.2, 0) is 6.54 Å². The number of nitrogens with one attached hydrogen (secondary N) is 1. The number of nitrogens with zero attached hydrogens (tertiary/aromatic N) is 1. The first-order valence-electron chi connectivity index (χ1n) is 6.12. The van der Waals surface area contributed by atoms with Gasteiger partial charge in [-0.25, -0.2) is 8.78 Å². The highest BCUT2D eigenvalue weighted by atomic mass is 32.1. The van der Waals surface area contributed by atoms with E-state index in [1.807, 2.05) is 4.57 Å². The zero-order valence-electron chi connectivity index (χ0n) is 10.1. The summed E-state index contributed by atoms with van der Waals surface area (Å²) in [6, 6.07) is 2.22. The van der Waals surface area contributed by atoms with E-state index >= 15 is 0 Å². The Morgan fingerprint density at radius 2 is 2.11 bits per heavy atom. The number of fused-ring (bicyclic) bond motifs is 1. The number of H-pyrrole nitrogens is 1. The fourth-order valence-corrected chi connectivity index (χ4v) is 2.74. The Morgan fingerprint density at radius 1 is 1.39 bits per heavy atom. The van der Waals surface area contributed by atoms with Gasteiger partial charge in [0, 0.05) is 12.6 Å². The lowest BCUT2D eigenvalue weighted by Crippen LogP contribution is -2.10. The molecule has 5 heteroatoms. The smallest absolute Gasteiger partial charge is 0.178 e. The van der Waals surface area contributed by atoms with Crippen molar-refractivity contribution in [1.82, 2.24) is 9.55 Å². The number of aromatic amines is 1. The van der Waals surface area contributed by atoms with E-state index in [9.17, 15) is 8.78 Å². The number of benzene rings is 1. The average Bonchev–Trinajstić information content (AvgIpc) is 3.03. The van der Waals surface area contributed by atoms with Gasteiger partial charge in [0.1, 0.15) is 11.3 Å². The maximum Gasteiger partial charge on any atom is 0.178 e. The fourth-order valence-electron chi connectivity index (χ4n) is 2.47. The number of aromatic nitrogens is 2. The first-order chi connectivity index (χ1) is 8.54. The Hall–Kier alpha value is -1.23. The van der Waals surface area contributed by atoms with E-state index in [1.165, 1.54) is 6.07 Å². The van der Waals surface area contributed by atoms with Crippen LogP contribution in [0, 0.1) is 21.8 Å². The van der Waals surface area contributed by atoms with Crippen molar-refractivity contribution in [2.75, 3.05) is 0 Å². The monoisotopic (exact) mass is 268 g/mol. The number of hydrogen-bond acceptors (Lipinski definition) is 1. The van der Waals surface area contributed by atoms with Gasteiger partial charge in [-0.1, -0.05) is 6.92 Å². The molecule has 2 nitrogen and oxygen atoms in total. The highest BCUT2D eigenvalue weighted by Crippen LogP contribution is 2.50. The van der Waals surface area contributed by atoms with Crippen molar-refractivity contribution in [1.29, 1.82) is 0 Å². The molecule has 0 bridgehead atoms. The lowest BCUT2D eigenvalue weighted by molar-refractivity contribution is 0.412. The summed E-state index contributed by atoms with van der Waals surface area (Å²) < 4.78 is 29.2. The van der Waals surface area contributed by atoms with Crippen LogP contribution in [0.1, 0.15) is 26.2 Å². The minimum absolute atomic E-state index is 0.274. The second kappa shape index (κ2) is 3.88. The third-order valence-corrected chi connectivity index (χ3v) is 4.33. The van der Waals surface area contributed by atoms with Gasteiger partial charge in [-0.2, -0.15) is 0 Å². The van der Waals surface area contributed by atoms with Gasteiger partial charge in [-0.05, 0) is 43.0 Å². The predicted octanol–water partition coefficient (Wildman–Crippen LogP) is 4.17. The summed E-state index contributed by atoms with van der Waals surface area (Å²) in [7, 11) is 0. The third kappa shape index (κ3) is 1.77. The molecule has 1 N–H and O–H groups in total. The van der Waals surface area contributed by atoms with Gasteiger partial charge in [-0.15, -0.1) is 0 Å². The van der Waals surface area contributed by atoms with E-state index in [0.717, 1.165) is 31.9 Å². The van der Waals surface area contributed by atoms with Gasteiger partial charge in [0.25, 0.3) is 0 Å². The lowest BCUT2D eigenvalue weighted by Gasteiger charge is -2.13. The van der Waals surface area contributed by atoms with Crippen molar-refractivity contribution in [2.24, 2.45) is 5.41 Å². The van der Waals surface area contributed by atoms with Crippen molar-refractivity contribution >= 4 is 23.3 Å². The predicted molar refractivity (Wildman–Crippen MR) is 69.0 cm³/mol. The summed E-state index contributed by atoms with van der Waals surface area (Å²) in [4.78, 5) is 2.83. The van der Waals surface area contributed by atoms with Crippen LogP contribution in [0.5, 0.6) is 0 Å². The molecule has 0 aliphatic heterocycles. The zero-order valence-corrected chi connectivity index (χ0v) is 10.9. The minimum Gasteiger partial charge on any atom is -0.328 e. The lowest BCUT2D eigenvalue weighted by atomic mass is 10.0. The molecule has 96 valence electrons. The van der Waals surface area contributed by atoms with Gasteiger partial charge in [0.15, 0.2) is 10.6 Å². The molecule has 1 aliphatic carbocycles. The quantitative estimate of drug-likeness (QED) is 0.829. The molecule has 1 aromatic carbocycles. The Labute approximate surface area is 109 Å². The van der Waals surface area contributed by atoms with E-state index in [4.69, 9.17) is 12.2 Å².